The maximum absolute atomic E-state index is 13.2. The number of hydrogen-bond acceptors (Lipinski definition) is 9. The fraction of sp³-hybridized carbons (Fsp3) is 0.233. The summed E-state index contributed by atoms with van der Waals surface area (Å²) in [6.45, 7) is 2.04. The molecule has 0 aliphatic rings. The molecule has 0 spiro atoms. The molecule has 0 saturated heterocycles. The van der Waals surface area contributed by atoms with Crippen LogP contribution in [0.3, 0.4) is 0 Å². The van der Waals surface area contributed by atoms with Crippen molar-refractivity contribution in [1.82, 2.24) is 35.9 Å². The van der Waals surface area contributed by atoms with Gasteiger partial charge in [-0.3, -0.25) is 9.78 Å². The minimum atomic E-state index is -1.77. The standard InChI is InChI=1S/C30H29N7O4S/c1-2-8-23-25(16-20-14-13-19(17-31-20)21-11-6-7-12-22(21)27-34-36-37-35-27)42-29(33-23)28(39)32-24(26(38)30(40)41)15-18-9-4-3-5-10-18/h3-7,9-14,17,24,26,38H,2,8,15-16H2,1H3,(H,32,39)(H,40,41)(H,34,35,36,37). The molecule has 42 heavy (non-hydrogen) atoms. The summed E-state index contributed by atoms with van der Waals surface area (Å²) in [6, 6.07) is 19.8. The molecule has 0 saturated carbocycles. The van der Waals surface area contributed by atoms with Crippen LogP contribution in [0.15, 0.2) is 72.9 Å². The van der Waals surface area contributed by atoms with Crippen molar-refractivity contribution in [1.29, 1.82) is 0 Å². The number of aliphatic hydroxyl groups excluding tert-OH is 1. The van der Waals surface area contributed by atoms with Crippen molar-refractivity contribution in [3.63, 3.8) is 0 Å². The van der Waals surface area contributed by atoms with E-state index in [-0.39, 0.29) is 11.4 Å². The molecule has 11 nitrogen and oxygen atoms in total. The summed E-state index contributed by atoms with van der Waals surface area (Å²) in [5, 5.41) is 37.0. The molecule has 2 atom stereocenters. The van der Waals surface area contributed by atoms with Gasteiger partial charge in [0.2, 0.25) is 5.82 Å². The minimum absolute atomic E-state index is 0.159. The first-order valence-corrected chi connectivity index (χ1v) is 14.3. The first kappa shape index (κ1) is 28.7. The molecule has 3 aromatic heterocycles. The Bertz CT molecular complexity index is 1640. The number of aliphatic carboxylic acids is 1. The highest BCUT2D eigenvalue weighted by Gasteiger charge is 2.29. The van der Waals surface area contributed by atoms with E-state index >= 15 is 0 Å². The molecule has 5 rings (SSSR count). The lowest BCUT2D eigenvalue weighted by Gasteiger charge is -2.21. The Kier molecular flexibility index (Phi) is 9.05. The van der Waals surface area contributed by atoms with Gasteiger partial charge in [-0.15, -0.1) is 21.5 Å². The Labute approximate surface area is 245 Å². The average Bonchev–Trinajstić information content (AvgIpc) is 3.68. The van der Waals surface area contributed by atoms with Gasteiger partial charge in [-0.2, -0.15) is 5.21 Å². The third kappa shape index (κ3) is 6.73. The van der Waals surface area contributed by atoms with Crippen molar-refractivity contribution in [3.8, 4) is 22.5 Å². The molecule has 4 N–H and O–H groups in total. The molecule has 1 amide bonds. The Morgan fingerprint density at radius 3 is 2.45 bits per heavy atom. The molecule has 0 aliphatic heterocycles. The minimum Gasteiger partial charge on any atom is -0.479 e. The highest BCUT2D eigenvalue weighted by atomic mass is 32.1. The first-order valence-electron chi connectivity index (χ1n) is 13.4. The zero-order valence-corrected chi connectivity index (χ0v) is 23.6. The SMILES string of the molecule is CCCc1nc(C(=O)NC(Cc2ccccc2)C(O)C(=O)O)sc1Cc1ccc(-c2ccccc2-c2nn[nH]n2)cn1. The molecular weight excluding hydrogens is 554 g/mol. The van der Waals surface area contributed by atoms with E-state index in [9.17, 15) is 19.8 Å². The third-order valence-electron chi connectivity index (χ3n) is 6.70. The van der Waals surface area contributed by atoms with Crippen LogP contribution in [0.25, 0.3) is 22.5 Å². The van der Waals surface area contributed by atoms with E-state index < -0.39 is 24.0 Å². The van der Waals surface area contributed by atoms with Crippen LogP contribution in [0, 0.1) is 0 Å². The van der Waals surface area contributed by atoms with Crippen molar-refractivity contribution in [3.05, 3.63) is 99.8 Å². The number of H-pyrrole nitrogens is 1. The summed E-state index contributed by atoms with van der Waals surface area (Å²) in [4.78, 5) is 35.0. The lowest BCUT2D eigenvalue weighted by atomic mass is 10.0. The van der Waals surface area contributed by atoms with Crippen molar-refractivity contribution in [2.45, 2.75) is 44.8 Å². The second-order valence-electron chi connectivity index (χ2n) is 9.69. The zero-order chi connectivity index (χ0) is 29.5. The average molecular weight is 584 g/mol. The zero-order valence-electron chi connectivity index (χ0n) is 22.8. The predicted molar refractivity (Wildman–Crippen MR) is 157 cm³/mol. The number of rotatable bonds is 12. The third-order valence-corrected chi connectivity index (χ3v) is 7.80. The van der Waals surface area contributed by atoms with E-state index in [1.807, 2.05) is 73.7 Å². The summed E-state index contributed by atoms with van der Waals surface area (Å²) in [5.74, 6) is -1.43. The first-order chi connectivity index (χ1) is 20.4. The van der Waals surface area contributed by atoms with Gasteiger partial charge in [-0.1, -0.05) is 74.0 Å². The molecule has 0 radical (unpaired) electrons. The van der Waals surface area contributed by atoms with E-state index in [1.54, 1.807) is 6.20 Å². The van der Waals surface area contributed by atoms with Gasteiger partial charge in [0.15, 0.2) is 11.1 Å². The summed E-state index contributed by atoms with van der Waals surface area (Å²) in [6.07, 6.45) is 2.19. The van der Waals surface area contributed by atoms with Crippen molar-refractivity contribution in [2.75, 3.05) is 0 Å². The number of carboxylic acid groups (broad SMARTS) is 1. The smallest absolute Gasteiger partial charge is 0.334 e. The number of amides is 1. The summed E-state index contributed by atoms with van der Waals surface area (Å²) < 4.78 is 0. The fourth-order valence-corrected chi connectivity index (χ4v) is 5.65. The Hall–Kier alpha value is -4.81. The second-order valence-corrected chi connectivity index (χ2v) is 10.8. The number of tetrazole rings is 1. The maximum Gasteiger partial charge on any atom is 0.334 e. The lowest BCUT2D eigenvalue weighted by molar-refractivity contribution is -0.148. The van der Waals surface area contributed by atoms with E-state index in [0.717, 1.165) is 44.9 Å². The summed E-state index contributed by atoms with van der Waals surface area (Å²) in [5.41, 5.74) is 5.08. The number of nitrogens with one attached hydrogen (secondary N) is 2. The highest BCUT2D eigenvalue weighted by molar-refractivity contribution is 7.13. The molecule has 0 aliphatic carbocycles. The number of nitrogens with zero attached hydrogens (tertiary/aromatic N) is 5. The van der Waals surface area contributed by atoms with Gasteiger partial charge in [0, 0.05) is 34.3 Å². The number of benzene rings is 2. The number of aromatic amines is 1. The number of aliphatic hydroxyl groups is 1. The molecule has 0 bridgehead atoms. The molecule has 3 heterocycles. The highest BCUT2D eigenvalue weighted by Crippen LogP contribution is 2.30. The lowest BCUT2D eigenvalue weighted by Crippen LogP contribution is -2.48. The number of aromatic nitrogens is 6. The van der Waals surface area contributed by atoms with Crippen LogP contribution in [0.2, 0.25) is 0 Å². The summed E-state index contributed by atoms with van der Waals surface area (Å²) >= 11 is 1.25. The van der Waals surface area contributed by atoms with Crippen LogP contribution in [0.5, 0.6) is 0 Å². The number of thiazole rings is 1. The van der Waals surface area contributed by atoms with E-state index in [0.29, 0.717) is 18.7 Å². The van der Waals surface area contributed by atoms with Gasteiger partial charge >= 0.3 is 5.97 Å². The van der Waals surface area contributed by atoms with Gasteiger partial charge in [0.05, 0.1) is 11.7 Å². The number of carboxylic acids is 1. The molecular formula is C30H29N7O4S. The molecule has 5 aromatic rings. The van der Waals surface area contributed by atoms with E-state index in [2.05, 4.69) is 35.9 Å². The van der Waals surface area contributed by atoms with Crippen molar-refractivity contribution >= 4 is 23.2 Å². The molecule has 0 fully saturated rings. The Balaban J connectivity index is 1.34. The van der Waals surface area contributed by atoms with Gasteiger partial charge in [0.1, 0.15) is 0 Å². The fourth-order valence-electron chi connectivity index (χ4n) is 4.62. The number of aryl methyl sites for hydroxylation is 1. The van der Waals surface area contributed by atoms with Gasteiger partial charge in [-0.05, 0) is 35.2 Å². The normalized spacial score (nSPS) is 12.5. The van der Waals surface area contributed by atoms with Gasteiger partial charge in [0.25, 0.3) is 5.91 Å². The summed E-state index contributed by atoms with van der Waals surface area (Å²) in [7, 11) is 0. The van der Waals surface area contributed by atoms with Crippen LogP contribution in [0.1, 0.15) is 45.0 Å². The van der Waals surface area contributed by atoms with Crippen LogP contribution in [-0.2, 0) is 24.1 Å². The Morgan fingerprint density at radius 2 is 1.79 bits per heavy atom. The van der Waals surface area contributed by atoms with Crippen LogP contribution in [0.4, 0.5) is 0 Å². The monoisotopic (exact) mass is 583 g/mol. The number of carbonyl (C=O) groups is 2. The maximum atomic E-state index is 13.2. The van der Waals surface area contributed by atoms with Crippen molar-refractivity contribution < 1.29 is 19.8 Å². The van der Waals surface area contributed by atoms with Gasteiger partial charge in [-0.25, -0.2) is 9.78 Å². The van der Waals surface area contributed by atoms with Gasteiger partial charge < -0.3 is 15.5 Å². The van der Waals surface area contributed by atoms with E-state index in [4.69, 9.17) is 0 Å². The number of pyridine rings is 1. The van der Waals surface area contributed by atoms with E-state index in [1.165, 1.54) is 11.3 Å². The number of carbonyl (C=O) groups excluding carboxylic acids is 1. The Morgan fingerprint density at radius 1 is 1.02 bits per heavy atom. The second kappa shape index (κ2) is 13.2. The topological polar surface area (TPSA) is 167 Å². The van der Waals surface area contributed by atoms with Crippen LogP contribution >= 0.6 is 11.3 Å². The van der Waals surface area contributed by atoms with Crippen LogP contribution < -0.4 is 5.32 Å². The predicted octanol–water partition coefficient (Wildman–Crippen LogP) is 3.72. The quantitative estimate of drug-likeness (QED) is 0.171. The van der Waals surface area contributed by atoms with Crippen molar-refractivity contribution in [2.24, 2.45) is 0 Å². The van der Waals surface area contributed by atoms with Crippen LogP contribution in [-0.4, -0.2) is 64.8 Å². The molecule has 2 unspecified atom stereocenters. The molecule has 2 aromatic carbocycles. The molecule has 214 valence electrons. The number of hydrogen-bond donors (Lipinski definition) is 4. The molecule has 12 heteroatoms. The largest absolute Gasteiger partial charge is 0.479 e.